The van der Waals surface area contributed by atoms with E-state index in [1.165, 1.54) is 11.8 Å². The first-order chi connectivity index (χ1) is 9.96. The van der Waals surface area contributed by atoms with E-state index in [2.05, 4.69) is 18.4 Å². The van der Waals surface area contributed by atoms with Crippen LogP contribution < -0.4 is 0 Å². The molecule has 1 aliphatic rings. The highest BCUT2D eigenvalue weighted by molar-refractivity contribution is 5.29. The van der Waals surface area contributed by atoms with Crippen LogP contribution in [0.5, 0.6) is 0 Å². The molecule has 2 nitrogen and oxygen atoms in total. The summed E-state index contributed by atoms with van der Waals surface area (Å²) in [6.45, 7) is 5.12. The summed E-state index contributed by atoms with van der Waals surface area (Å²) in [5.74, 6) is -0.140. The first-order valence-corrected chi connectivity index (χ1v) is 7.56. The van der Waals surface area contributed by atoms with Gasteiger partial charge in [0.05, 0.1) is 6.10 Å². The summed E-state index contributed by atoms with van der Waals surface area (Å²) >= 11 is 0. The molecule has 3 rings (SSSR count). The third kappa shape index (κ3) is 2.88. The molecule has 1 aromatic carbocycles. The van der Waals surface area contributed by atoms with Crippen LogP contribution in [0, 0.1) is 11.2 Å². The summed E-state index contributed by atoms with van der Waals surface area (Å²) in [4.78, 5) is 0. The lowest BCUT2D eigenvalue weighted by molar-refractivity contribution is 0.0979. The van der Waals surface area contributed by atoms with Crippen molar-refractivity contribution in [1.82, 2.24) is 4.57 Å². The summed E-state index contributed by atoms with van der Waals surface area (Å²) in [5, 5.41) is 10.3. The van der Waals surface area contributed by atoms with Gasteiger partial charge in [0.1, 0.15) is 5.82 Å². The standard InChI is InChI=1S/C18H22FNO/c1-18(2)11-16-14(17(21)12-18)8-10-20(16)9-7-13-5-3-4-6-15(13)19/h3-6,8,10,17,21H,7,9,11-12H2,1-2H3. The number of hydrogen-bond donors (Lipinski definition) is 1. The van der Waals surface area contributed by atoms with Crippen LogP contribution in [0.2, 0.25) is 0 Å². The fourth-order valence-electron chi connectivity index (χ4n) is 3.34. The van der Waals surface area contributed by atoms with Crippen molar-refractivity contribution in [3.05, 3.63) is 59.2 Å². The maximum atomic E-state index is 13.7. The highest BCUT2D eigenvalue weighted by atomic mass is 19.1. The van der Waals surface area contributed by atoms with E-state index in [4.69, 9.17) is 0 Å². The number of hydrogen-bond acceptors (Lipinski definition) is 1. The minimum atomic E-state index is -0.376. The molecule has 0 amide bonds. The lowest BCUT2D eigenvalue weighted by Gasteiger charge is -2.34. The van der Waals surface area contributed by atoms with Crippen molar-refractivity contribution in [2.24, 2.45) is 5.41 Å². The second-order valence-corrected chi connectivity index (χ2v) is 6.81. The molecule has 21 heavy (non-hydrogen) atoms. The zero-order valence-corrected chi connectivity index (χ0v) is 12.6. The molecular weight excluding hydrogens is 265 g/mol. The molecule has 0 fully saturated rings. The van der Waals surface area contributed by atoms with Crippen LogP contribution >= 0.6 is 0 Å². The Morgan fingerprint density at radius 2 is 2.05 bits per heavy atom. The van der Waals surface area contributed by atoms with Gasteiger partial charge in [0.15, 0.2) is 0 Å². The van der Waals surface area contributed by atoms with Crippen molar-refractivity contribution in [2.45, 2.75) is 45.8 Å². The predicted molar refractivity (Wildman–Crippen MR) is 81.6 cm³/mol. The monoisotopic (exact) mass is 287 g/mol. The zero-order valence-electron chi connectivity index (χ0n) is 12.6. The van der Waals surface area contributed by atoms with Crippen molar-refractivity contribution in [3.63, 3.8) is 0 Å². The molecule has 112 valence electrons. The Morgan fingerprint density at radius 3 is 2.81 bits per heavy atom. The van der Waals surface area contributed by atoms with E-state index in [-0.39, 0.29) is 17.3 Å². The van der Waals surface area contributed by atoms with Crippen molar-refractivity contribution in [1.29, 1.82) is 0 Å². The van der Waals surface area contributed by atoms with Crippen LogP contribution in [0.25, 0.3) is 0 Å². The topological polar surface area (TPSA) is 25.2 Å². The summed E-state index contributed by atoms with van der Waals surface area (Å²) in [7, 11) is 0. The number of nitrogens with zero attached hydrogens (tertiary/aromatic N) is 1. The molecule has 0 spiro atoms. The second-order valence-electron chi connectivity index (χ2n) is 6.81. The van der Waals surface area contributed by atoms with E-state index in [1.54, 1.807) is 6.07 Å². The van der Waals surface area contributed by atoms with Gasteiger partial charge in [-0.05, 0) is 42.4 Å². The number of fused-ring (bicyclic) bond motifs is 1. The molecule has 0 aliphatic heterocycles. The number of aliphatic hydroxyl groups is 1. The van der Waals surface area contributed by atoms with Gasteiger partial charge in [-0.3, -0.25) is 0 Å². The van der Waals surface area contributed by atoms with Crippen LogP contribution in [0.4, 0.5) is 4.39 Å². The highest BCUT2D eigenvalue weighted by Gasteiger charge is 2.33. The molecule has 0 bridgehead atoms. The maximum Gasteiger partial charge on any atom is 0.126 e. The van der Waals surface area contributed by atoms with Crippen molar-refractivity contribution >= 4 is 0 Å². The van der Waals surface area contributed by atoms with Gasteiger partial charge in [-0.1, -0.05) is 32.0 Å². The molecule has 0 saturated carbocycles. The van der Waals surface area contributed by atoms with Gasteiger partial charge in [-0.2, -0.15) is 0 Å². The Balaban J connectivity index is 1.81. The lowest BCUT2D eigenvalue weighted by Crippen LogP contribution is -2.27. The largest absolute Gasteiger partial charge is 0.388 e. The third-order valence-electron chi connectivity index (χ3n) is 4.44. The molecule has 1 aliphatic carbocycles. The number of rotatable bonds is 3. The molecule has 1 atom stereocenters. The molecule has 3 heteroatoms. The molecular formula is C18H22FNO. The normalized spacial score (nSPS) is 20.3. The highest BCUT2D eigenvalue weighted by Crippen LogP contribution is 2.41. The summed E-state index contributed by atoms with van der Waals surface area (Å²) in [6, 6.07) is 8.94. The zero-order chi connectivity index (χ0) is 15.0. The van der Waals surface area contributed by atoms with Gasteiger partial charge in [0.25, 0.3) is 0 Å². The lowest BCUT2D eigenvalue weighted by atomic mass is 9.75. The van der Waals surface area contributed by atoms with E-state index >= 15 is 0 Å². The molecule has 0 radical (unpaired) electrons. The van der Waals surface area contributed by atoms with E-state index < -0.39 is 0 Å². The Labute approximate surface area is 125 Å². The Morgan fingerprint density at radius 1 is 1.29 bits per heavy atom. The van der Waals surface area contributed by atoms with E-state index in [9.17, 15) is 9.50 Å². The number of halogens is 1. The smallest absolute Gasteiger partial charge is 0.126 e. The fraction of sp³-hybridized carbons (Fsp3) is 0.444. The Kier molecular flexibility index (Phi) is 3.62. The number of aromatic nitrogens is 1. The Bertz CT molecular complexity index is 644. The molecule has 2 aromatic rings. The summed E-state index contributed by atoms with van der Waals surface area (Å²) in [6.07, 6.45) is 4.08. The van der Waals surface area contributed by atoms with Gasteiger partial charge in [-0.15, -0.1) is 0 Å². The predicted octanol–water partition coefficient (Wildman–Crippen LogP) is 3.88. The van der Waals surface area contributed by atoms with Crippen LogP contribution in [-0.2, 0) is 19.4 Å². The van der Waals surface area contributed by atoms with Gasteiger partial charge < -0.3 is 9.67 Å². The average Bonchev–Trinajstić information content (AvgIpc) is 2.79. The number of benzene rings is 1. The van der Waals surface area contributed by atoms with E-state index in [0.29, 0.717) is 6.42 Å². The van der Waals surface area contributed by atoms with Crippen molar-refractivity contribution in [3.8, 4) is 0 Å². The van der Waals surface area contributed by atoms with Gasteiger partial charge in [0.2, 0.25) is 0 Å². The SMILES string of the molecule is CC1(C)Cc2c(ccn2CCc2ccccc2F)C(O)C1. The van der Waals surface area contributed by atoms with Crippen molar-refractivity contribution in [2.75, 3.05) is 0 Å². The van der Waals surface area contributed by atoms with Gasteiger partial charge in [-0.25, -0.2) is 4.39 Å². The quantitative estimate of drug-likeness (QED) is 0.910. The molecule has 0 saturated heterocycles. The van der Waals surface area contributed by atoms with Crippen LogP contribution in [0.3, 0.4) is 0 Å². The van der Waals surface area contributed by atoms with Crippen LogP contribution in [-0.4, -0.2) is 9.67 Å². The molecule has 1 heterocycles. The van der Waals surface area contributed by atoms with Crippen LogP contribution in [0.15, 0.2) is 36.5 Å². The summed E-state index contributed by atoms with van der Waals surface area (Å²) < 4.78 is 15.9. The van der Waals surface area contributed by atoms with Gasteiger partial charge >= 0.3 is 0 Å². The first kappa shape index (κ1) is 14.3. The number of aliphatic hydroxyl groups excluding tert-OH is 1. The first-order valence-electron chi connectivity index (χ1n) is 7.56. The maximum absolute atomic E-state index is 13.7. The minimum Gasteiger partial charge on any atom is -0.388 e. The molecule has 1 unspecified atom stereocenters. The summed E-state index contributed by atoms with van der Waals surface area (Å²) in [5.41, 5.74) is 3.11. The van der Waals surface area contributed by atoms with Gasteiger partial charge in [0, 0.05) is 24.0 Å². The Hall–Kier alpha value is -1.61. The molecule has 1 aromatic heterocycles. The average molecular weight is 287 g/mol. The minimum absolute atomic E-state index is 0.112. The fourth-order valence-corrected chi connectivity index (χ4v) is 3.34. The number of aryl methyl sites for hydroxylation is 2. The van der Waals surface area contributed by atoms with Crippen molar-refractivity contribution < 1.29 is 9.50 Å². The van der Waals surface area contributed by atoms with Crippen LogP contribution in [0.1, 0.15) is 43.2 Å². The van der Waals surface area contributed by atoms with E-state index in [0.717, 1.165) is 30.5 Å². The molecule has 1 N–H and O–H groups in total. The van der Waals surface area contributed by atoms with E-state index in [1.807, 2.05) is 24.4 Å². The third-order valence-corrected chi connectivity index (χ3v) is 4.44. The second kappa shape index (κ2) is 5.30.